The second kappa shape index (κ2) is 6.39. The van der Waals surface area contributed by atoms with Crippen molar-refractivity contribution in [2.75, 3.05) is 19.6 Å². The molecule has 1 aromatic heterocycles. The molecular formula is C17H26N4O3S. The van der Waals surface area contributed by atoms with E-state index in [1.54, 1.807) is 4.31 Å². The average Bonchev–Trinajstić information content (AvgIpc) is 3.31. The monoisotopic (exact) mass is 366 g/mol. The number of hydrogen-bond acceptors (Lipinski definition) is 4. The number of nitrogens with zero attached hydrogens (tertiary/aromatic N) is 3. The molecule has 4 rings (SSSR count). The number of rotatable bonds is 3. The van der Waals surface area contributed by atoms with E-state index < -0.39 is 10.0 Å². The summed E-state index contributed by atoms with van der Waals surface area (Å²) in [6.07, 6.45) is 10.7. The lowest BCUT2D eigenvalue weighted by atomic mass is 9.72. The molecule has 1 aliphatic carbocycles. The highest BCUT2D eigenvalue weighted by atomic mass is 32.2. The Balaban J connectivity index is 1.44. The number of likely N-dealkylation sites (tertiary alicyclic amines) is 1. The van der Waals surface area contributed by atoms with Gasteiger partial charge in [0.25, 0.3) is 0 Å². The molecule has 2 saturated heterocycles. The molecule has 1 spiro atoms. The van der Waals surface area contributed by atoms with Crippen molar-refractivity contribution in [3.05, 3.63) is 12.4 Å². The predicted molar refractivity (Wildman–Crippen MR) is 92.2 cm³/mol. The maximum atomic E-state index is 12.6. The fourth-order valence-corrected chi connectivity index (χ4v) is 6.08. The zero-order valence-electron chi connectivity index (χ0n) is 14.5. The van der Waals surface area contributed by atoms with E-state index in [9.17, 15) is 13.2 Å². The molecule has 0 bridgehead atoms. The van der Waals surface area contributed by atoms with Crippen LogP contribution in [0, 0.1) is 5.41 Å². The number of carbonyl (C=O) groups excluding carboxylic acids is 1. The van der Waals surface area contributed by atoms with Crippen LogP contribution in [0.2, 0.25) is 0 Å². The molecule has 1 saturated carbocycles. The van der Waals surface area contributed by atoms with Gasteiger partial charge >= 0.3 is 0 Å². The first-order valence-corrected chi connectivity index (χ1v) is 10.7. The van der Waals surface area contributed by atoms with E-state index in [4.69, 9.17) is 0 Å². The Morgan fingerprint density at radius 1 is 1.16 bits per heavy atom. The Hall–Kier alpha value is -1.41. The Morgan fingerprint density at radius 3 is 2.52 bits per heavy atom. The molecule has 3 fully saturated rings. The summed E-state index contributed by atoms with van der Waals surface area (Å²) in [4.78, 5) is 14.7. The third-order valence-corrected chi connectivity index (χ3v) is 8.22. The van der Waals surface area contributed by atoms with Gasteiger partial charge in [-0.2, -0.15) is 9.40 Å². The molecule has 1 N–H and O–H groups in total. The number of amides is 1. The largest absolute Gasteiger partial charge is 0.339 e. The van der Waals surface area contributed by atoms with Crippen LogP contribution in [0.1, 0.15) is 51.4 Å². The number of H-pyrrole nitrogens is 1. The Morgan fingerprint density at radius 2 is 1.88 bits per heavy atom. The van der Waals surface area contributed by atoms with Crippen LogP contribution < -0.4 is 0 Å². The SMILES string of the molecule is O=C1CCC2(CCN(S(=O)(=O)c3cn[nH]c3)CC2)CN1C1CCCC1. The van der Waals surface area contributed by atoms with Crippen LogP contribution in [0.25, 0.3) is 0 Å². The van der Waals surface area contributed by atoms with Crippen molar-refractivity contribution >= 4 is 15.9 Å². The number of aromatic amines is 1. The van der Waals surface area contributed by atoms with Crippen LogP contribution in [-0.2, 0) is 14.8 Å². The smallest absolute Gasteiger partial charge is 0.246 e. The molecule has 3 heterocycles. The average molecular weight is 366 g/mol. The normalized spacial score (nSPS) is 25.8. The Bertz CT molecular complexity index is 717. The number of hydrogen-bond donors (Lipinski definition) is 1. The summed E-state index contributed by atoms with van der Waals surface area (Å²) in [5, 5.41) is 6.33. The molecule has 7 nitrogen and oxygen atoms in total. The van der Waals surface area contributed by atoms with E-state index in [-0.39, 0.29) is 10.3 Å². The quantitative estimate of drug-likeness (QED) is 0.883. The molecular weight excluding hydrogens is 340 g/mol. The number of piperidine rings is 2. The number of nitrogens with one attached hydrogen (secondary N) is 1. The van der Waals surface area contributed by atoms with Gasteiger partial charge in [-0.05, 0) is 37.5 Å². The highest BCUT2D eigenvalue weighted by Crippen LogP contribution is 2.43. The number of aromatic nitrogens is 2. The van der Waals surface area contributed by atoms with Gasteiger partial charge in [-0.3, -0.25) is 9.89 Å². The van der Waals surface area contributed by atoms with Gasteiger partial charge in [0.1, 0.15) is 4.90 Å². The minimum Gasteiger partial charge on any atom is -0.339 e. The van der Waals surface area contributed by atoms with Crippen molar-refractivity contribution in [2.45, 2.75) is 62.3 Å². The van der Waals surface area contributed by atoms with Crippen molar-refractivity contribution in [1.82, 2.24) is 19.4 Å². The van der Waals surface area contributed by atoms with E-state index in [0.717, 1.165) is 38.6 Å². The molecule has 0 aromatic carbocycles. The van der Waals surface area contributed by atoms with E-state index >= 15 is 0 Å². The molecule has 138 valence electrons. The van der Waals surface area contributed by atoms with Crippen molar-refractivity contribution in [1.29, 1.82) is 0 Å². The van der Waals surface area contributed by atoms with Crippen LogP contribution in [-0.4, -0.2) is 59.4 Å². The zero-order valence-corrected chi connectivity index (χ0v) is 15.3. The van der Waals surface area contributed by atoms with Gasteiger partial charge in [0.15, 0.2) is 0 Å². The van der Waals surface area contributed by atoms with Gasteiger partial charge < -0.3 is 4.90 Å². The standard InChI is InChI=1S/C17H26N4O3S/c22-16-5-6-17(13-21(16)14-3-1-2-4-14)7-9-20(10-8-17)25(23,24)15-11-18-19-12-15/h11-12,14H,1-10,13H2,(H,18,19). The van der Waals surface area contributed by atoms with Gasteiger partial charge in [0, 0.05) is 38.3 Å². The van der Waals surface area contributed by atoms with Crippen LogP contribution in [0.5, 0.6) is 0 Å². The first-order valence-electron chi connectivity index (χ1n) is 9.29. The minimum absolute atomic E-state index is 0.0961. The number of sulfonamides is 1. The summed E-state index contributed by atoms with van der Waals surface area (Å²) >= 11 is 0. The van der Waals surface area contributed by atoms with Crippen LogP contribution in [0.4, 0.5) is 0 Å². The summed E-state index contributed by atoms with van der Waals surface area (Å²) in [7, 11) is -3.45. The van der Waals surface area contributed by atoms with Crippen molar-refractivity contribution in [2.24, 2.45) is 5.41 Å². The van der Waals surface area contributed by atoms with E-state index in [1.807, 2.05) is 0 Å². The summed E-state index contributed by atoms with van der Waals surface area (Å²) < 4.78 is 26.9. The fraction of sp³-hybridized carbons (Fsp3) is 0.765. The van der Waals surface area contributed by atoms with E-state index in [2.05, 4.69) is 15.1 Å². The molecule has 1 aromatic rings. The maximum absolute atomic E-state index is 12.6. The van der Waals surface area contributed by atoms with Gasteiger partial charge in [0.2, 0.25) is 15.9 Å². The third-order valence-electron chi connectivity index (χ3n) is 6.35. The minimum atomic E-state index is -3.45. The molecule has 0 unspecified atom stereocenters. The Kier molecular flexibility index (Phi) is 4.35. The fourth-order valence-electron chi connectivity index (χ4n) is 4.73. The van der Waals surface area contributed by atoms with Gasteiger partial charge in [-0.25, -0.2) is 8.42 Å². The van der Waals surface area contributed by atoms with Crippen LogP contribution in [0.15, 0.2) is 17.3 Å². The van der Waals surface area contributed by atoms with Crippen molar-refractivity contribution in [3.8, 4) is 0 Å². The van der Waals surface area contributed by atoms with E-state index in [1.165, 1.54) is 25.2 Å². The van der Waals surface area contributed by atoms with Gasteiger partial charge in [-0.1, -0.05) is 12.8 Å². The first-order chi connectivity index (χ1) is 12.0. The second-order valence-corrected chi connectivity index (χ2v) is 9.74. The molecule has 0 radical (unpaired) electrons. The lowest BCUT2D eigenvalue weighted by Crippen LogP contribution is -2.54. The summed E-state index contributed by atoms with van der Waals surface area (Å²) in [6, 6.07) is 0.414. The highest BCUT2D eigenvalue weighted by molar-refractivity contribution is 7.89. The third kappa shape index (κ3) is 3.10. The van der Waals surface area contributed by atoms with Gasteiger partial charge in [-0.15, -0.1) is 0 Å². The van der Waals surface area contributed by atoms with Crippen LogP contribution in [0.3, 0.4) is 0 Å². The van der Waals surface area contributed by atoms with Crippen molar-refractivity contribution < 1.29 is 13.2 Å². The lowest BCUT2D eigenvalue weighted by molar-refractivity contribution is -0.141. The Labute approximate surface area is 148 Å². The molecule has 8 heteroatoms. The summed E-state index contributed by atoms with van der Waals surface area (Å²) in [5.74, 6) is 0.297. The molecule has 0 atom stereocenters. The predicted octanol–water partition coefficient (Wildman–Crippen LogP) is 1.75. The summed E-state index contributed by atoms with van der Waals surface area (Å²) in [6.45, 7) is 1.87. The maximum Gasteiger partial charge on any atom is 0.246 e. The molecule has 3 aliphatic rings. The van der Waals surface area contributed by atoms with Crippen LogP contribution >= 0.6 is 0 Å². The first kappa shape index (κ1) is 17.0. The van der Waals surface area contributed by atoms with Crippen molar-refractivity contribution in [3.63, 3.8) is 0 Å². The highest BCUT2D eigenvalue weighted by Gasteiger charge is 2.44. The zero-order chi connectivity index (χ0) is 17.5. The summed E-state index contributed by atoms with van der Waals surface area (Å²) in [5.41, 5.74) is 0.0961. The topological polar surface area (TPSA) is 86.4 Å². The second-order valence-electron chi connectivity index (χ2n) is 7.80. The number of carbonyl (C=O) groups is 1. The van der Waals surface area contributed by atoms with E-state index in [0.29, 0.717) is 31.5 Å². The van der Waals surface area contributed by atoms with Gasteiger partial charge in [0.05, 0.1) is 6.20 Å². The lowest BCUT2D eigenvalue weighted by Gasteiger charge is -2.48. The molecule has 25 heavy (non-hydrogen) atoms. The molecule has 2 aliphatic heterocycles. The molecule has 1 amide bonds.